The van der Waals surface area contributed by atoms with Crippen LogP contribution in [0.5, 0.6) is 0 Å². The molecule has 2 aromatic carbocycles. The molecule has 1 heterocycles. The summed E-state index contributed by atoms with van der Waals surface area (Å²) in [5.74, 6) is -2.11. The molecule has 0 radical (unpaired) electrons. The number of esters is 1. The number of aromatic nitrogens is 1. The molecule has 1 atom stereocenters. The van der Waals surface area contributed by atoms with Gasteiger partial charge in [-0.1, -0.05) is 41.4 Å². The molecule has 1 aromatic heterocycles. The van der Waals surface area contributed by atoms with Crippen molar-refractivity contribution in [3.8, 4) is 0 Å². The minimum absolute atomic E-state index is 0.0189. The average Bonchev–Trinajstić information content (AvgIpc) is 3.06. The number of carbonyl (C=O) groups is 2. The predicted molar refractivity (Wildman–Crippen MR) is 102 cm³/mol. The number of rotatable bonds is 5. The van der Waals surface area contributed by atoms with Crippen LogP contribution in [0.2, 0.25) is 10.0 Å². The van der Waals surface area contributed by atoms with Crippen molar-refractivity contribution >= 4 is 46.0 Å². The Morgan fingerprint density at radius 1 is 1.22 bits per heavy atom. The van der Waals surface area contributed by atoms with E-state index in [2.05, 4.69) is 10.3 Å². The summed E-state index contributed by atoms with van der Waals surface area (Å²) < 4.78 is 18.5. The van der Waals surface area contributed by atoms with E-state index in [0.29, 0.717) is 0 Å². The Morgan fingerprint density at radius 2 is 1.96 bits per heavy atom. The van der Waals surface area contributed by atoms with Crippen LogP contribution in [0, 0.1) is 5.82 Å². The Balaban J connectivity index is 1.86. The van der Waals surface area contributed by atoms with Gasteiger partial charge in [0.2, 0.25) is 0 Å². The highest BCUT2D eigenvalue weighted by Gasteiger charge is 2.25. The second-order valence-corrected chi connectivity index (χ2v) is 6.67. The summed E-state index contributed by atoms with van der Waals surface area (Å²) in [6, 6.07) is 8.67. The molecule has 5 nitrogen and oxygen atoms in total. The lowest BCUT2D eigenvalue weighted by molar-refractivity contribution is -0.142. The number of halogens is 3. The van der Waals surface area contributed by atoms with Crippen molar-refractivity contribution in [1.82, 2.24) is 10.3 Å². The van der Waals surface area contributed by atoms with Crippen LogP contribution in [0.15, 0.2) is 42.6 Å². The van der Waals surface area contributed by atoms with E-state index < -0.39 is 23.7 Å². The quantitative estimate of drug-likeness (QED) is 0.492. The topological polar surface area (TPSA) is 71.2 Å². The molecular formula is C19H15Cl2FN2O3. The zero-order chi connectivity index (χ0) is 19.6. The van der Waals surface area contributed by atoms with Crippen molar-refractivity contribution in [1.29, 1.82) is 0 Å². The largest absolute Gasteiger partial charge is 0.467 e. The van der Waals surface area contributed by atoms with Crippen LogP contribution in [-0.4, -0.2) is 30.0 Å². The molecule has 1 unspecified atom stereocenters. The van der Waals surface area contributed by atoms with Gasteiger partial charge in [-0.15, -0.1) is 0 Å². The van der Waals surface area contributed by atoms with Gasteiger partial charge < -0.3 is 15.0 Å². The van der Waals surface area contributed by atoms with Crippen LogP contribution in [-0.2, 0) is 16.0 Å². The van der Waals surface area contributed by atoms with Crippen molar-refractivity contribution < 1.29 is 18.7 Å². The number of hydrogen-bond acceptors (Lipinski definition) is 3. The number of benzene rings is 2. The smallest absolute Gasteiger partial charge is 0.328 e. The summed E-state index contributed by atoms with van der Waals surface area (Å²) in [6.07, 6.45) is 1.96. The van der Waals surface area contributed by atoms with E-state index in [-0.39, 0.29) is 22.0 Å². The summed E-state index contributed by atoms with van der Waals surface area (Å²) >= 11 is 11.6. The molecule has 0 saturated heterocycles. The molecule has 0 fully saturated rings. The van der Waals surface area contributed by atoms with Crippen LogP contribution < -0.4 is 5.32 Å². The Morgan fingerprint density at radius 3 is 2.70 bits per heavy atom. The fraction of sp³-hybridized carbons (Fsp3) is 0.158. The highest BCUT2D eigenvalue weighted by molar-refractivity contribution is 6.36. The fourth-order valence-corrected chi connectivity index (χ4v) is 3.26. The van der Waals surface area contributed by atoms with Crippen LogP contribution in [0.25, 0.3) is 10.9 Å². The number of aromatic amines is 1. The maximum atomic E-state index is 13.7. The molecule has 2 N–H and O–H groups in total. The van der Waals surface area contributed by atoms with Crippen LogP contribution in [0.4, 0.5) is 4.39 Å². The molecular weight excluding hydrogens is 394 g/mol. The first-order valence-corrected chi connectivity index (χ1v) is 8.74. The van der Waals surface area contributed by atoms with Gasteiger partial charge in [0.1, 0.15) is 11.9 Å². The first kappa shape index (κ1) is 19.2. The second-order valence-electron chi connectivity index (χ2n) is 5.86. The number of para-hydroxylation sites is 1. The SMILES string of the molecule is COC(=O)C(Cc1c[nH]c2ccccc12)NC(=O)c1cc(F)c(Cl)cc1Cl. The number of carbonyl (C=O) groups excluding carboxylic acids is 2. The Bertz CT molecular complexity index is 1020. The fourth-order valence-electron chi connectivity index (χ4n) is 2.79. The zero-order valence-corrected chi connectivity index (χ0v) is 15.7. The normalized spacial score (nSPS) is 12.0. The van der Waals surface area contributed by atoms with E-state index in [1.807, 2.05) is 24.3 Å². The first-order valence-electron chi connectivity index (χ1n) is 7.99. The van der Waals surface area contributed by atoms with Crippen molar-refractivity contribution in [2.45, 2.75) is 12.5 Å². The summed E-state index contributed by atoms with van der Waals surface area (Å²) in [6.45, 7) is 0. The number of nitrogens with one attached hydrogen (secondary N) is 2. The van der Waals surface area contributed by atoms with Gasteiger partial charge in [0.15, 0.2) is 0 Å². The van der Waals surface area contributed by atoms with E-state index in [1.54, 1.807) is 6.20 Å². The molecule has 140 valence electrons. The number of fused-ring (bicyclic) bond motifs is 1. The number of hydrogen-bond donors (Lipinski definition) is 2. The molecule has 3 aromatic rings. The van der Waals surface area contributed by atoms with Crippen LogP contribution >= 0.6 is 23.2 Å². The lowest BCUT2D eigenvalue weighted by Crippen LogP contribution is -2.43. The number of H-pyrrole nitrogens is 1. The number of ether oxygens (including phenoxy) is 1. The minimum atomic E-state index is -0.975. The third kappa shape index (κ3) is 4.07. The third-order valence-corrected chi connectivity index (χ3v) is 4.75. The molecule has 27 heavy (non-hydrogen) atoms. The number of amides is 1. The molecule has 0 aliphatic heterocycles. The second kappa shape index (κ2) is 7.98. The van der Waals surface area contributed by atoms with E-state index in [9.17, 15) is 14.0 Å². The summed E-state index contributed by atoms with van der Waals surface area (Å²) in [5, 5.41) is 3.27. The predicted octanol–water partition coefficient (Wildman–Crippen LogP) is 4.13. The maximum Gasteiger partial charge on any atom is 0.328 e. The monoisotopic (exact) mass is 408 g/mol. The van der Waals surface area contributed by atoms with E-state index in [0.717, 1.165) is 28.6 Å². The van der Waals surface area contributed by atoms with Gasteiger partial charge in [-0.2, -0.15) is 0 Å². The maximum absolute atomic E-state index is 13.7. The van der Waals surface area contributed by atoms with E-state index in [1.165, 1.54) is 7.11 Å². The van der Waals surface area contributed by atoms with Gasteiger partial charge in [-0.05, 0) is 23.8 Å². The Labute approximate surface area is 164 Å². The Kier molecular flexibility index (Phi) is 5.68. The molecule has 0 aliphatic rings. The first-order chi connectivity index (χ1) is 12.9. The summed E-state index contributed by atoms with van der Waals surface area (Å²) in [7, 11) is 1.23. The minimum Gasteiger partial charge on any atom is -0.467 e. The molecule has 0 bridgehead atoms. The molecule has 0 aliphatic carbocycles. The highest BCUT2D eigenvalue weighted by atomic mass is 35.5. The van der Waals surface area contributed by atoms with E-state index in [4.69, 9.17) is 27.9 Å². The lowest BCUT2D eigenvalue weighted by atomic mass is 10.0. The van der Waals surface area contributed by atoms with Crippen molar-refractivity contribution in [3.05, 3.63) is 69.6 Å². The van der Waals surface area contributed by atoms with Crippen molar-refractivity contribution in [2.24, 2.45) is 0 Å². The summed E-state index contributed by atoms with van der Waals surface area (Å²) in [5.41, 5.74) is 1.62. The molecule has 8 heteroatoms. The van der Waals surface area contributed by atoms with Gasteiger partial charge in [0, 0.05) is 23.5 Å². The van der Waals surface area contributed by atoms with Crippen LogP contribution in [0.1, 0.15) is 15.9 Å². The molecule has 3 rings (SSSR count). The highest BCUT2D eigenvalue weighted by Crippen LogP contribution is 2.25. The van der Waals surface area contributed by atoms with Crippen molar-refractivity contribution in [3.63, 3.8) is 0 Å². The third-order valence-electron chi connectivity index (χ3n) is 4.14. The van der Waals surface area contributed by atoms with E-state index >= 15 is 0 Å². The van der Waals surface area contributed by atoms with Gasteiger partial charge >= 0.3 is 5.97 Å². The van der Waals surface area contributed by atoms with Gasteiger partial charge in [0.05, 0.1) is 22.7 Å². The van der Waals surface area contributed by atoms with Gasteiger partial charge in [-0.25, -0.2) is 9.18 Å². The average molecular weight is 409 g/mol. The zero-order valence-electron chi connectivity index (χ0n) is 14.2. The standard InChI is InChI=1S/C19H15Cl2FN2O3/c1-27-19(26)17(6-10-9-23-16-5-3-2-4-11(10)16)24-18(25)12-7-15(22)14(21)8-13(12)20/h2-5,7-9,17,23H,6H2,1H3,(H,24,25). The molecule has 1 amide bonds. The lowest BCUT2D eigenvalue weighted by Gasteiger charge is -2.17. The molecule has 0 saturated carbocycles. The van der Waals surface area contributed by atoms with Crippen molar-refractivity contribution in [2.75, 3.05) is 7.11 Å². The Hall–Kier alpha value is -2.57. The number of methoxy groups -OCH3 is 1. The van der Waals surface area contributed by atoms with Gasteiger partial charge in [0.25, 0.3) is 5.91 Å². The van der Waals surface area contributed by atoms with Gasteiger partial charge in [-0.3, -0.25) is 4.79 Å². The van der Waals surface area contributed by atoms with Crippen LogP contribution in [0.3, 0.4) is 0 Å². The summed E-state index contributed by atoms with van der Waals surface area (Å²) in [4.78, 5) is 27.8. The molecule has 0 spiro atoms.